The molecule has 0 aliphatic carbocycles. The van der Waals surface area contributed by atoms with Crippen LogP contribution in [0.2, 0.25) is 10.0 Å². The normalized spacial score (nSPS) is 13.9. The number of rotatable bonds is 3. The Labute approximate surface area is 175 Å². The smallest absolute Gasteiger partial charge is 0.343 e. The predicted octanol–water partition coefficient (Wildman–Crippen LogP) is 5.97. The number of ketones is 1. The molecule has 0 bridgehead atoms. The summed E-state index contributed by atoms with van der Waals surface area (Å²) in [4.78, 5) is 24.7. The van der Waals surface area contributed by atoms with E-state index in [4.69, 9.17) is 32.7 Å². The van der Waals surface area contributed by atoms with Crippen molar-refractivity contribution in [2.24, 2.45) is 0 Å². The van der Waals surface area contributed by atoms with Crippen molar-refractivity contribution in [1.82, 2.24) is 0 Å². The highest BCUT2D eigenvalue weighted by molar-refractivity contribution is 6.35. The van der Waals surface area contributed by atoms with Crippen LogP contribution in [0.4, 0.5) is 4.39 Å². The molecule has 29 heavy (non-hydrogen) atoms. The molecular weight excluding hydrogens is 418 g/mol. The topological polar surface area (TPSA) is 52.6 Å². The summed E-state index contributed by atoms with van der Waals surface area (Å²) in [5.74, 6) is -0.884. The van der Waals surface area contributed by atoms with Crippen LogP contribution in [0.3, 0.4) is 0 Å². The Hall–Kier alpha value is -3.15. The molecule has 144 valence electrons. The second kappa shape index (κ2) is 7.70. The van der Waals surface area contributed by atoms with Crippen LogP contribution in [-0.2, 0) is 0 Å². The number of fused-ring (bicyclic) bond motifs is 1. The van der Waals surface area contributed by atoms with Crippen molar-refractivity contribution in [3.05, 3.63) is 99.0 Å². The third-order valence-corrected chi connectivity index (χ3v) is 4.74. The van der Waals surface area contributed by atoms with Crippen LogP contribution in [-0.4, -0.2) is 11.8 Å². The molecule has 1 aliphatic heterocycles. The maximum Gasteiger partial charge on any atom is 0.343 e. The molecule has 1 aliphatic rings. The van der Waals surface area contributed by atoms with E-state index >= 15 is 0 Å². The van der Waals surface area contributed by atoms with Crippen LogP contribution in [0.25, 0.3) is 6.08 Å². The standard InChI is InChI=1S/C22H11Cl2FO4/c23-14-4-1-13(18(24)10-14)9-20-21(26)17-8-7-16(11-19(17)29-20)28-22(27)12-2-5-15(25)6-3-12/h1-11H/b20-9-. The first-order chi connectivity index (χ1) is 13.9. The van der Waals surface area contributed by atoms with E-state index in [1.54, 1.807) is 18.2 Å². The molecule has 7 heteroatoms. The van der Waals surface area contributed by atoms with Crippen LogP contribution < -0.4 is 9.47 Å². The highest BCUT2D eigenvalue weighted by Gasteiger charge is 2.28. The maximum atomic E-state index is 13.0. The third kappa shape index (κ3) is 4.01. The molecular formula is C22H11Cl2FO4. The summed E-state index contributed by atoms with van der Waals surface area (Å²) < 4.78 is 23.9. The van der Waals surface area contributed by atoms with Gasteiger partial charge in [0.2, 0.25) is 5.78 Å². The van der Waals surface area contributed by atoms with Crippen molar-refractivity contribution in [2.45, 2.75) is 0 Å². The fraction of sp³-hybridized carbons (Fsp3) is 0. The Morgan fingerprint density at radius 2 is 1.76 bits per heavy atom. The number of allylic oxidation sites excluding steroid dienone is 1. The molecule has 0 N–H and O–H groups in total. The Morgan fingerprint density at radius 3 is 2.48 bits per heavy atom. The van der Waals surface area contributed by atoms with Crippen LogP contribution in [0.15, 0.2) is 66.4 Å². The number of hydrogen-bond donors (Lipinski definition) is 0. The van der Waals surface area contributed by atoms with Gasteiger partial charge < -0.3 is 9.47 Å². The van der Waals surface area contributed by atoms with E-state index in [1.807, 2.05) is 0 Å². The second-order valence-electron chi connectivity index (χ2n) is 6.16. The molecule has 0 saturated heterocycles. The number of carbonyl (C=O) groups is 2. The van der Waals surface area contributed by atoms with E-state index < -0.39 is 11.8 Å². The molecule has 4 nitrogen and oxygen atoms in total. The highest BCUT2D eigenvalue weighted by Crippen LogP contribution is 2.36. The first-order valence-electron chi connectivity index (χ1n) is 8.42. The number of Topliss-reactive ketones (excluding diaryl/α,β-unsaturated/α-hetero) is 1. The number of hydrogen-bond acceptors (Lipinski definition) is 4. The van der Waals surface area contributed by atoms with Gasteiger partial charge in [0, 0.05) is 16.1 Å². The fourth-order valence-electron chi connectivity index (χ4n) is 2.74. The fourth-order valence-corrected chi connectivity index (χ4v) is 3.21. The molecule has 3 aromatic rings. The highest BCUT2D eigenvalue weighted by atomic mass is 35.5. The molecule has 0 spiro atoms. The molecule has 0 unspecified atom stereocenters. The average molecular weight is 429 g/mol. The lowest BCUT2D eigenvalue weighted by Crippen LogP contribution is -2.08. The summed E-state index contributed by atoms with van der Waals surface area (Å²) >= 11 is 12.0. The van der Waals surface area contributed by atoms with Gasteiger partial charge in [-0.05, 0) is 60.2 Å². The van der Waals surface area contributed by atoms with Gasteiger partial charge in [0.25, 0.3) is 0 Å². The lowest BCUT2D eigenvalue weighted by Gasteiger charge is -2.05. The van der Waals surface area contributed by atoms with E-state index in [0.717, 1.165) is 0 Å². The number of ether oxygens (including phenoxy) is 2. The molecule has 0 radical (unpaired) electrons. The lowest BCUT2D eigenvalue weighted by atomic mass is 10.1. The Bertz CT molecular complexity index is 1170. The molecule has 0 saturated carbocycles. The zero-order chi connectivity index (χ0) is 20.5. The van der Waals surface area contributed by atoms with Crippen LogP contribution in [0.5, 0.6) is 11.5 Å². The summed E-state index contributed by atoms with van der Waals surface area (Å²) in [5, 5.41) is 0.859. The van der Waals surface area contributed by atoms with Crippen LogP contribution in [0, 0.1) is 5.82 Å². The maximum absolute atomic E-state index is 13.0. The summed E-state index contributed by atoms with van der Waals surface area (Å²) in [5.41, 5.74) is 1.11. The second-order valence-corrected chi connectivity index (χ2v) is 7.00. The van der Waals surface area contributed by atoms with E-state index in [-0.39, 0.29) is 28.6 Å². The van der Waals surface area contributed by atoms with Crippen molar-refractivity contribution in [2.75, 3.05) is 0 Å². The van der Waals surface area contributed by atoms with Crippen molar-refractivity contribution in [1.29, 1.82) is 0 Å². The van der Waals surface area contributed by atoms with Gasteiger partial charge in [-0.3, -0.25) is 4.79 Å². The molecule has 0 aromatic heterocycles. The van der Waals surface area contributed by atoms with E-state index in [9.17, 15) is 14.0 Å². The minimum absolute atomic E-state index is 0.0891. The van der Waals surface area contributed by atoms with Gasteiger partial charge in [0.1, 0.15) is 17.3 Å². The van der Waals surface area contributed by atoms with E-state index in [2.05, 4.69) is 0 Å². The molecule has 4 rings (SSSR count). The number of carbonyl (C=O) groups excluding carboxylic acids is 2. The summed E-state index contributed by atoms with van der Waals surface area (Å²) in [6.45, 7) is 0. The largest absolute Gasteiger partial charge is 0.452 e. The minimum Gasteiger partial charge on any atom is -0.452 e. The van der Waals surface area contributed by atoms with Gasteiger partial charge in [0.15, 0.2) is 5.76 Å². The number of halogens is 3. The van der Waals surface area contributed by atoms with Crippen molar-refractivity contribution >= 4 is 41.0 Å². The molecule has 0 fully saturated rings. The number of esters is 1. The van der Waals surface area contributed by atoms with Crippen LogP contribution in [0.1, 0.15) is 26.3 Å². The Morgan fingerprint density at radius 1 is 1.00 bits per heavy atom. The van der Waals surface area contributed by atoms with Gasteiger partial charge in [0.05, 0.1) is 11.1 Å². The van der Waals surface area contributed by atoms with Gasteiger partial charge in [-0.2, -0.15) is 0 Å². The van der Waals surface area contributed by atoms with Crippen molar-refractivity contribution < 1.29 is 23.5 Å². The van der Waals surface area contributed by atoms with Crippen molar-refractivity contribution in [3.8, 4) is 11.5 Å². The lowest BCUT2D eigenvalue weighted by molar-refractivity contribution is 0.0734. The Kier molecular flexibility index (Phi) is 5.09. The zero-order valence-corrected chi connectivity index (χ0v) is 16.1. The summed E-state index contributed by atoms with van der Waals surface area (Å²) in [6.07, 6.45) is 1.52. The first kappa shape index (κ1) is 19.2. The van der Waals surface area contributed by atoms with Gasteiger partial charge in [-0.1, -0.05) is 29.3 Å². The minimum atomic E-state index is -0.655. The van der Waals surface area contributed by atoms with E-state index in [0.29, 0.717) is 21.2 Å². The molecule has 0 atom stereocenters. The summed E-state index contributed by atoms with van der Waals surface area (Å²) in [7, 11) is 0. The van der Waals surface area contributed by atoms with Gasteiger partial charge in [-0.25, -0.2) is 9.18 Å². The number of benzene rings is 3. The summed E-state index contributed by atoms with van der Waals surface area (Å²) in [6, 6.07) is 14.3. The first-order valence-corrected chi connectivity index (χ1v) is 9.17. The third-order valence-electron chi connectivity index (χ3n) is 4.18. The SMILES string of the molecule is O=C(Oc1ccc2c(c1)O/C(=C\c1ccc(Cl)cc1Cl)C2=O)c1ccc(F)cc1. The molecule has 0 amide bonds. The van der Waals surface area contributed by atoms with Crippen molar-refractivity contribution in [3.63, 3.8) is 0 Å². The van der Waals surface area contributed by atoms with Gasteiger partial charge >= 0.3 is 5.97 Å². The predicted molar refractivity (Wildman–Crippen MR) is 107 cm³/mol. The monoisotopic (exact) mass is 428 g/mol. The van der Waals surface area contributed by atoms with E-state index in [1.165, 1.54) is 48.5 Å². The average Bonchev–Trinajstić information content (AvgIpc) is 2.99. The zero-order valence-electron chi connectivity index (χ0n) is 14.6. The quantitative estimate of drug-likeness (QED) is 0.293. The molecule has 3 aromatic carbocycles. The Balaban J connectivity index is 1.56. The van der Waals surface area contributed by atoms with Crippen LogP contribution >= 0.6 is 23.2 Å². The van der Waals surface area contributed by atoms with Gasteiger partial charge in [-0.15, -0.1) is 0 Å². The molecule has 1 heterocycles.